The monoisotopic (exact) mass is 1520 g/mol. The maximum Gasteiger partial charge on any atom is 0.266 e. The van der Waals surface area contributed by atoms with E-state index in [2.05, 4.69) is 54.7 Å². The van der Waals surface area contributed by atoms with E-state index in [0.717, 1.165) is 43.2 Å². The third kappa shape index (κ3) is 14.3. The number of hydrogen-bond donors (Lipinski definition) is 0. The number of rotatable bonds is 26. The molecular weight excluding hydrogens is 1450 g/mol. The molecule has 0 N–H and O–H groups in total. The molecule has 0 saturated heterocycles. The first-order chi connectivity index (χ1) is 55.4. The van der Waals surface area contributed by atoms with Gasteiger partial charge in [0.05, 0.1) is 55.9 Å². The lowest BCUT2D eigenvalue weighted by molar-refractivity contribution is 0.0641. The van der Waals surface area contributed by atoms with Crippen LogP contribution in [0.5, 0.6) is 69.0 Å². The zero-order chi connectivity index (χ0) is 80.2. The zero-order valence-electron chi connectivity index (χ0n) is 63.8. The van der Waals surface area contributed by atoms with Gasteiger partial charge in [0.25, 0.3) is 47.3 Å². The van der Waals surface area contributed by atoms with Crippen molar-refractivity contribution >= 4 is 58.6 Å². The summed E-state index contributed by atoms with van der Waals surface area (Å²) < 4.78 is 37.3. The van der Waals surface area contributed by atoms with Crippen LogP contribution in [0.1, 0.15) is 171 Å². The molecule has 18 nitrogen and oxygen atoms in total. The van der Waals surface area contributed by atoms with Crippen molar-refractivity contribution < 1.29 is 66.8 Å². The summed E-state index contributed by atoms with van der Waals surface area (Å²) in [6.07, 6.45) is 4.37. The minimum Gasteiger partial charge on any atom is -0.457 e. The van der Waals surface area contributed by atoms with Crippen molar-refractivity contribution in [2.75, 3.05) is 22.9 Å². The molecule has 0 radical (unpaired) electrons. The van der Waals surface area contributed by atoms with Crippen LogP contribution in [0.15, 0.2) is 292 Å². The van der Waals surface area contributed by atoms with Crippen LogP contribution < -0.4 is 38.2 Å². The summed E-state index contributed by atoms with van der Waals surface area (Å²) in [6, 6.07) is 79.6. The van der Waals surface area contributed by atoms with Crippen molar-refractivity contribution in [3.8, 4) is 69.0 Å². The molecule has 568 valence electrons. The molecule has 0 saturated carbocycles. The lowest BCUT2D eigenvalue weighted by Crippen LogP contribution is -2.30. The van der Waals surface area contributed by atoms with Crippen molar-refractivity contribution in [3.05, 3.63) is 370 Å². The van der Waals surface area contributed by atoms with Gasteiger partial charge in [-0.3, -0.25) is 48.2 Å². The molecule has 0 bridgehead atoms. The fraction of sp³-hybridized carbons (Fsp3) is 0.134. The lowest BCUT2D eigenvalue weighted by Gasteiger charge is -2.26. The molecule has 4 aliphatic rings. The summed E-state index contributed by atoms with van der Waals surface area (Å²) in [7, 11) is 0. The second-order valence-electron chi connectivity index (χ2n) is 30.0. The highest BCUT2D eigenvalue weighted by molar-refractivity contribution is 6.35. The van der Waals surface area contributed by atoms with Crippen molar-refractivity contribution in [1.29, 1.82) is 0 Å². The minimum absolute atomic E-state index is 0.226. The Hall–Kier alpha value is -14.5. The summed E-state index contributed by atoms with van der Waals surface area (Å²) in [5.41, 5.74) is 8.00. The van der Waals surface area contributed by atoms with Gasteiger partial charge < -0.3 is 28.4 Å². The number of carbonyl (C=O) groups is 8. The Morgan fingerprint density at radius 2 is 0.409 bits per heavy atom. The molecule has 4 aliphatic heterocycles. The number of benzene rings is 12. The van der Waals surface area contributed by atoms with Crippen LogP contribution >= 0.6 is 0 Å². The fourth-order valence-electron chi connectivity index (χ4n) is 14.8. The Morgan fingerprint density at radius 3 is 0.635 bits per heavy atom. The van der Waals surface area contributed by atoms with E-state index >= 15 is 0 Å². The van der Waals surface area contributed by atoms with Crippen LogP contribution in [0.2, 0.25) is 0 Å². The van der Waals surface area contributed by atoms with E-state index in [-0.39, 0.29) is 59.0 Å². The van der Waals surface area contributed by atoms with Crippen LogP contribution in [0.4, 0.5) is 11.4 Å². The van der Waals surface area contributed by atoms with Gasteiger partial charge in [-0.05, 0) is 240 Å². The number of nitrogens with zero attached hydrogens (tertiary/aromatic N) is 4. The third-order valence-corrected chi connectivity index (χ3v) is 21.8. The Kier molecular flexibility index (Phi) is 19.4. The molecule has 0 spiro atoms. The first-order valence-corrected chi connectivity index (χ1v) is 37.6. The summed E-state index contributed by atoms with van der Waals surface area (Å²) in [5.74, 6) is 2.95. The maximum atomic E-state index is 14.0. The summed E-state index contributed by atoms with van der Waals surface area (Å²) in [5, 5.41) is 0. The van der Waals surface area contributed by atoms with Crippen LogP contribution in [-0.2, 0) is 16.2 Å². The molecule has 18 heteroatoms. The smallest absolute Gasteiger partial charge is 0.266 e. The fourth-order valence-corrected chi connectivity index (χ4v) is 14.8. The van der Waals surface area contributed by atoms with Crippen molar-refractivity contribution in [3.63, 3.8) is 0 Å². The normalized spacial score (nSPS) is 13.8. The average molecular weight is 1520 g/mol. The number of ether oxygens (including phenoxy) is 6. The molecule has 0 fully saturated rings. The molecule has 0 atom stereocenters. The van der Waals surface area contributed by atoms with Gasteiger partial charge in [0, 0.05) is 29.3 Å². The first kappa shape index (κ1) is 74.6. The predicted molar refractivity (Wildman–Crippen MR) is 437 cm³/mol. The zero-order valence-corrected chi connectivity index (χ0v) is 63.8. The van der Waals surface area contributed by atoms with Crippen LogP contribution in [0, 0.1) is 0 Å². The predicted octanol–water partition coefficient (Wildman–Crippen LogP) is 21.4. The molecule has 0 aromatic heterocycles. The number of anilines is 2. The molecule has 115 heavy (non-hydrogen) atoms. The lowest BCUT2D eigenvalue weighted by atomic mass is 9.78. The molecule has 12 aromatic rings. The Morgan fingerprint density at radius 1 is 0.235 bits per heavy atom. The summed E-state index contributed by atoms with van der Waals surface area (Å²) >= 11 is 0. The van der Waals surface area contributed by atoms with Gasteiger partial charge in [-0.25, -0.2) is 9.80 Å². The summed E-state index contributed by atoms with van der Waals surface area (Å²) in [4.78, 5) is 112. The number of fused-ring (bicyclic) bond motifs is 4. The van der Waals surface area contributed by atoms with Crippen molar-refractivity contribution in [2.45, 2.75) is 70.6 Å². The molecule has 16 rings (SSSR count). The minimum atomic E-state index is -0.475. The van der Waals surface area contributed by atoms with E-state index in [1.807, 2.05) is 146 Å². The number of hydrogen-bond acceptors (Lipinski definition) is 14. The Labute approximate surface area is 664 Å². The standard InChI is InChI=1S/C97H76N4O14/c1-9-11-53-98-87(102)79-49-45-75(55-83(79)89(98)104)112-69-33-17-61(18-34-69)96(5,6)63-21-37-71(38-22-63)114-77-47-51-81-85(57-77)93(108)100(91(81)106)65-25-41-73(42-26-65)110-67-29-13-59(14-30-67)95(3,4)60-15-31-68(32-16-60)111-74-43-27-66(28-44-74)101-92(107)82-52-48-78(58-86(82)94(101)109)115-72-39-23-64(24-40-72)97(7,8)62-19-35-70(36-20-62)113-76-46-50-80-84(56-76)90(105)99(88(80)103)54-12-10-2/h9-10,13-52,55-58H,1-2,11-12,53-54H2,3-8H3. The highest BCUT2D eigenvalue weighted by atomic mass is 16.5. The molecule has 8 amide bonds. The average Bonchev–Trinajstić information content (AvgIpc) is 1.63. The largest absolute Gasteiger partial charge is 0.457 e. The van der Waals surface area contributed by atoms with Gasteiger partial charge in [-0.2, -0.15) is 0 Å². The van der Waals surface area contributed by atoms with E-state index in [1.165, 1.54) is 9.80 Å². The van der Waals surface area contributed by atoms with Gasteiger partial charge in [0.2, 0.25) is 0 Å². The molecule has 0 aliphatic carbocycles. The van der Waals surface area contributed by atoms with E-state index in [1.54, 1.807) is 133 Å². The molecular formula is C97H76N4O14. The van der Waals surface area contributed by atoms with Gasteiger partial charge in [-0.15, -0.1) is 13.2 Å². The van der Waals surface area contributed by atoms with Gasteiger partial charge >= 0.3 is 0 Å². The van der Waals surface area contributed by atoms with Gasteiger partial charge in [0.15, 0.2) is 0 Å². The Balaban J connectivity index is 0.486. The number of imide groups is 4. The Bertz CT molecular complexity index is 5590. The van der Waals surface area contributed by atoms with E-state index in [0.29, 0.717) is 115 Å². The first-order valence-electron chi connectivity index (χ1n) is 37.6. The molecule has 0 unspecified atom stereocenters. The molecule has 12 aromatic carbocycles. The van der Waals surface area contributed by atoms with Gasteiger partial charge in [-0.1, -0.05) is 126 Å². The topological polar surface area (TPSA) is 205 Å². The second-order valence-corrected chi connectivity index (χ2v) is 30.0. The quantitative estimate of drug-likeness (QED) is 0.0365. The van der Waals surface area contributed by atoms with E-state index in [4.69, 9.17) is 28.4 Å². The van der Waals surface area contributed by atoms with Crippen molar-refractivity contribution in [1.82, 2.24) is 9.80 Å². The SMILES string of the molecule is C=CCCN1C(=O)c2ccc(Oc3ccc(C(C)(C)c4ccc(Oc5ccc6c(c5)C(=O)N(c5ccc(Oc7ccc(C(C)(C)c8ccc(Oc9ccc(N%10C(=O)c%11ccc(Oc%12ccc(C(C)(C)c%13ccc(Oc%14ccc%15c(c%14)C(=O)N(CCC=C)C%15=O)cc%13)cc%12)cc%11C%10=O)cc9)cc8)cc7)cc5)C6=O)cc4)cc3)cc2C1=O. The van der Waals surface area contributed by atoms with E-state index in [9.17, 15) is 38.4 Å². The maximum absolute atomic E-state index is 14.0. The summed E-state index contributed by atoms with van der Waals surface area (Å²) in [6.45, 7) is 20.7. The molecule has 4 heterocycles. The third-order valence-electron chi connectivity index (χ3n) is 21.8. The van der Waals surface area contributed by atoms with Crippen LogP contribution in [0.25, 0.3) is 0 Å². The van der Waals surface area contributed by atoms with E-state index < -0.39 is 39.9 Å². The highest BCUT2D eigenvalue weighted by Gasteiger charge is 2.41. The van der Waals surface area contributed by atoms with Crippen LogP contribution in [0.3, 0.4) is 0 Å². The van der Waals surface area contributed by atoms with Gasteiger partial charge in [0.1, 0.15) is 69.0 Å². The number of amides is 8. The number of carbonyl (C=O) groups excluding carboxylic acids is 8. The van der Waals surface area contributed by atoms with Crippen molar-refractivity contribution in [2.24, 2.45) is 0 Å². The highest BCUT2D eigenvalue weighted by Crippen LogP contribution is 2.43. The second kappa shape index (κ2) is 30.0. The van der Waals surface area contributed by atoms with Crippen LogP contribution in [-0.4, -0.2) is 70.1 Å².